The van der Waals surface area contributed by atoms with Gasteiger partial charge in [-0.15, -0.1) is 0 Å². The molecule has 1 N–H and O–H groups in total. The predicted molar refractivity (Wildman–Crippen MR) is 111 cm³/mol. The van der Waals surface area contributed by atoms with E-state index in [1.165, 1.54) is 0 Å². The fourth-order valence-corrected chi connectivity index (χ4v) is 2.94. The number of hydrogen-bond donors (Lipinski definition) is 1. The van der Waals surface area contributed by atoms with E-state index in [1.807, 2.05) is 55.6 Å². The molecule has 3 rings (SSSR count). The van der Waals surface area contributed by atoms with Crippen molar-refractivity contribution in [2.45, 2.75) is 20.1 Å². The second-order valence-corrected chi connectivity index (χ2v) is 6.99. The normalized spacial score (nSPS) is 10.5. The average molecular weight is 444 g/mol. The molecule has 0 unspecified atom stereocenters. The van der Waals surface area contributed by atoms with Crippen LogP contribution in [0.4, 0.5) is 0 Å². The third-order valence-electron chi connectivity index (χ3n) is 3.96. The van der Waals surface area contributed by atoms with Gasteiger partial charge in [-0.2, -0.15) is 5.10 Å². The van der Waals surface area contributed by atoms with E-state index < -0.39 is 0 Å². The Morgan fingerprint density at radius 2 is 1.89 bits per heavy atom. The summed E-state index contributed by atoms with van der Waals surface area (Å²) in [6.07, 6.45) is 3.58. The zero-order valence-corrected chi connectivity index (χ0v) is 17.2. The van der Waals surface area contributed by atoms with Crippen LogP contribution in [0, 0.1) is 0 Å². The van der Waals surface area contributed by atoms with Gasteiger partial charge in [-0.25, -0.2) is 0 Å². The van der Waals surface area contributed by atoms with Crippen LogP contribution in [-0.2, 0) is 13.2 Å². The van der Waals surface area contributed by atoms with E-state index in [0.717, 1.165) is 21.5 Å². The Labute approximate surface area is 172 Å². The summed E-state index contributed by atoms with van der Waals surface area (Å²) >= 11 is 3.35. The molecule has 0 saturated carbocycles. The van der Waals surface area contributed by atoms with Crippen molar-refractivity contribution in [3.63, 3.8) is 0 Å². The molecule has 1 amide bonds. The largest absolute Gasteiger partial charge is 0.494 e. The smallest absolute Gasteiger partial charge is 0.251 e. The van der Waals surface area contributed by atoms with Gasteiger partial charge in [-0.1, -0.05) is 12.1 Å². The highest BCUT2D eigenvalue weighted by Crippen LogP contribution is 2.19. The molecular formula is C21H22BrN3O3. The summed E-state index contributed by atoms with van der Waals surface area (Å²) in [7, 11) is 0. The van der Waals surface area contributed by atoms with Gasteiger partial charge in [0, 0.05) is 18.3 Å². The quantitative estimate of drug-likeness (QED) is 0.541. The number of nitrogens with one attached hydrogen (secondary N) is 1. The topological polar surface area (TPSA) is 65.4 Å². The van der Waals surface area contributed by atoms with E-state index in [9.17, 15) is 4.79 Å². The Bertz CT molecular complexity index is 909. The number of nitrogens with zero attached hydrogens (tertiary/aromatic N) is 2. The van der Waals surface area contributed by atoms with Crippen LogP contribution in [0.25, 0.3) is 0 Å². The Balaban J connectivity index is 1.50. The van der Waals surface area contributed by atoms with Crippen LogP contribution in [0.2, 0.25) is 0 Å². The molecule has 0 aliphatic heterocycles. The highest BCUT2D eigenvalue weighted by molar-refractivity contribution is 9.10. The van der Waals surface area contributed by atoms with Crippen molar-refractivity contribution in [2.24, 2.45) is 0 Å². The molecule has 0 fully saturated rings. The summed E-state index contributed by atoms with van der Waals surface area (Å²) in [5, 5.41) is 7.07. The van der Waals surface area contributed by atoms with Crippen LogP contribution in [0.3, 0.4) is 0 Å². The lowest BCUT2D eigenvalue weighted by molar-refractivity contribution is 0.0951. The van der Waals surface area contributed by atoms with Crippen molar-refractivity contribution in [1.82, 2.24) is 15.1 Å². The van der Waals surface area contributed by atoms with Crippen LogP contribution in [-0.4, -0.2) is 28.8 Å². The fourth-order valence-electron chi connectivity index (χ4n) is 2.61. The zero-order chi connectivity index (χ0) is 19.8. The predicted octanol–water partition coefficient (Wildman–Crippen LogP) is 4.05. The zero-order valence-electron chi connectivity index (χ0n) is 15.6. The molecule has 7 heteroatoms. The maximum absolute atomic E-state index is 12.4. The third kappa shape index (κ3) is 5.85. The minimum atomic E-state index is -0.117. The molecule has 0 aliphatic rings. The lowest BCUT2D eigenvalue weighted by atomic mass is 10.1. The summed E-state index contributed by atoms with van der Waals surface area (Å²) in [5.74, 6) is 1.45. The van der Waals surface area contributed by atoms with Gasteiger partial charge in [0.1, 0.15) is 18.1 Å². The van der Waals surface area contributed by atoms with Gasteiger partial charge in [-0.3, -0.25) is 9.48 Å². The first-order chi connectivity index (χ1) is 13.6. The number of benzene rings is 2. The molecule has 0 saturated heterocycles. The Morgan fingerprint density at radius 3 is 2.57 bits per heavy atom. The number of ether oxygens (including phenoxy) is 2. The van der Waals surface area contributed by atoms with Crippen molar-refractivity contribution in [3.05, 3.63) is 76.5 Å². The molecule has 1 aromatic heterocycles. The van der Waals surface area contributed by atoms with Crippen LogP contribution in [0.1, 0.15) is 22.8 Å². The van der Waals surface area contributed by atoms with Crippen molar-refractivity contribution in [1.29, 1.82) is 0 Å². The summed E-state index contributed by atoms with van der Waals surface area (Å²) < 4.78 is 13.9. The second-order valence-electron chi connectivity index (χ2n) is 6.07. The van der Waals surface area contributed by atoms with E-state index in [0.29, 0.717) is 31.9 Å². The van der Waals surface area contributed by atoms with E-state index in [2.05, 4.69) is 26.3 Å². The Hall–Kier alpha value is -2.80. The number of rotatable bonds is 9. The van der Waals surface area contributed by atoms with Gasteiger partial charge in [0.2, 0.25) is 0 Å². The van der Waals surface area contributed by atoms with Gasteiger partial charge in [0.05, 0.1) is 23.8 Å². The van der Waals surface area contributed by atoms with Gasteiger partial charge < -0.3 is 14.8 Å². The number of carbonyl (C=O) groups excluding carboxylic acids is 1. The van der Waals surface area contributed by atoms with Crippen LogP contribution in [0.15, 0.2) is 65.4 Å². The van der Waals surface area contributed by atoms with Crippen LogP contribution < -0.4 is 14.8 Å². The summed E-state index contributed by atoms with van der Waals surface area (Å²) in [4.78, 5) is 12.4. The number of amides is 1. The van der Waals surface area contributed by atoms with Gasteiger partial charge in [-0.05, 0) is 64.8 Å². The molecule has 1 heterocycles. The summed E-state index contributed by atoms with van der Waals surface area (Å²) in [5.41, 5.74) is 1.53. The van der Waals surface area contributed by atoms with E-state index in [4.69, 9.17) is 9.47 Å². The lowest BCUT2D eigenvalue weighted by Gasteiger charge is -2.09. The van der Waals surface area contributed by atoms with E-state index in [1.54, 1.807) is 16.9 Å². The molecule has 0 atom stereocenters. The maximum Gasteiger partial charge on any atom is 0.251 e. The van der Waals surface area contributed by atoms with Crippen molar-refractivity contribution >= 4 is 21.8 Å². The number of carbonyl (C=O) groups is 1. The minimum Gasteiger partial charge on any atom is -0.494 e. The Morgan fingerprint density at radius 1 is 1.14 bits per heavy atom. The molecule has 0 bridgehead atoms. The van der Waals surface area contributed by atoms with Gasteiger partial charge >= 0.3 is 0 Å². The third-order valence-corrected chi connectivity index (χ3v) is 4.37. The highest BCUT2D eigenvalue weighted by Gasteiger charge is 2.07. The number of hydrogen-bond acceptors (Lipinski definition) is 4. The monoisotopic (exact) mass is 443 g/mol. The van der Waals surface area contributed by atoms with E-state index in [-0.39, 0.29) is 5.91 Å². The first kappa shape index (κ1) is 19.9. The van der Waals surface area contributed by atoms with Crippen molar-refractivity contribution in [3.8, 4) is 11.5 Å². The van der Waals surface area contributed by atoms with Crippen LogP contribution in [0.5, 0.6) is 11.5 Å². The molecule has 28 heavy (non-hydrogen) atoms. The molecular weight excluding hydrogens is 422 g/mol. The average Bonchev–Trinajstić information content (AvgIpc) is 3.13. The highest BCUT2D eigenvalue weighted by atomic mass is 79.9. The number of halogens is 1. The van der Waals surface area contributed by atoms with Gasteiger partial charge in [0.25, 0.3) is 5.91 Å². The molecule has 146 valence electrons. The molecule has 3 aromatic rings. The van der Waals surface area contributed by atoms with Crippen molar-refractivity contribution in [2.75, 3.05) is 13.2 Å². The molecule has 0 spiro atoms. The first-order valence-corrected chi connectivity index (χ1v) is 9.84. The lowest BCUT2D eigenvalue weighted by Crippen LogP contribution is -2.27. The standard InChI is InChI=1S/C21H22BrN3O3/c1-2-27-19-6-8-20(9-7-19)28-15-16-4-3-5-17(12-16)21(26)23-10-11-25-14-18(22)13-24-25/h3-9,12-14H,2,10-11,15H2,1H3,(H,23,26). The summed E-state index contributed by atoms with van der Waals surface area (Å²) in [6, 6.07) is 14.9. The fraction of sp³-hybridized carbons (Fsp3) is 0.238. The van der Waals surface area contributed by atoms with Gasteiger partial charge in [0.15, 0.2) is 0 Å². The molecule has 0 aliphatic carbocycles. The van der Waals surface area contributed by atoms with Crippen molar-refractivity contribution < 1.29 is 14.3 Å². The molecule has 2 aromatic carbocycles. The number of aromatic nitrogens is 2. The first-order valence-electron chi connectivity index (χ1n) is 9.05. The molecule has 6 nitrogen and oxygen atoms in total. The molecule has 0 radical (unpaired) electrons. The minimum absolute atomic E-state index is 0.117. The SMILES string of the molecule is CCOc1ccc(OCc2cccc(C(=O)NCCn3cc(Br)cn3)c2)cc1. The van der Waals surface area contributed by atoms with E-state index >= 15 is 0 Å². The Kier molecular flexibility index (Phi) is 7.08. The summed E-state index contributed by atoms with van der Waals surface area (Å²) in [6.45, 7) is 4.08. The maximum atomic E-state index is 12.4. The second kappa shape index (κ2) is 9.94. The van der Waals surface area contributed by atoms with Crippen LogP contribution >= 0.6 is 15.9 Å².